The van der Waals surface area contributed by atoms with Gasteiger partial charge in [0.25, 0.3) is 5.91 Å². The minimum atomic E-state index is -0.597. The minimum Gasteiger partial charge on any atom is -0.381 e. The van der Waals surface area contributed by atoms with Gasteiger partial charge >= 0.3 is 0 Å². The predicted octanol–water partition coefficient (Wildman–Crippen LogP) is 3.34. The number of hydrogen-bond donors (Lipinski definition) is 2. The lowest BCUT2D eigenvalue weighted by Crippen LogP contribution is -2.61. The number of azo groups is 1. The Morgan fingerprint density at radius 1 is 1.24 bits per heavy atom. The molecule has 2 N–H and O–H groups in total. The highest BCUT2D eigenvalue weighted by molar-refractivity contribution is 6.00. The van der Waals surface area contributed by atoms with Crippen LogP contribution < -0.4 is 10.6 Å². The van der Waals surface area contributed by atoms with Crippen LogP contribution in [-0.4, -0.2) is 40.6 Å². The molecule has 33 heavy (non-hydrogen) atoms. The number of aromatic nitrogens is 2. The molecule has 4 aliphatic heterocycles. The maximum Gasteiger partial charge on any atom is 0.250 e. The van der Waals surface area contributed by atoms with E-state index in [1.54, 1.807) is 6.20 Å². The standard InChI is InChI=1S/C25H28N6O2/c1-3-25(17-6-4-5-16(13-17)20-7-10-27-31(20)2)18-15-26-30-22(18)28-19-14-24(8-11-33-12-9-24)29-23(32)21(19)25/h4-7,10,13,15,22,28H,3,8-9,11-12,14H2,1-2H3,(H,29,32)/t22?,25-/m0/s1. The van der Waals surface area contributed by atoms with Crippen LogP contribution in [0.15, 0.2) is 69.8 Å². The Morgan fingerprint density at radius 3 is 2.85 bits per heavy atom. The van der Waals surface area contributed by atoms with E-state index in [-0.39, 0.29) is 17.6 Å². The van der Waals surface area contributed by atoms with Gasteiger partial charge in [0.05, 0.1) is 28.4 Å². The largest absolute Gasteiger partial charge is 0.381 e. The first-order valence-electron chi connectivity index (χ1n) is 11.7. The molecular formula is C25H28N6O2. The lowest BCUT2D eigenvalue weighted by atomic mass is 9.61. The Labute approximate surface area is 192 Å². The summed E-state index contributed by atoms with van der Waals surface area (Å²) in [6.45, 7) is 3.49. The van der Waals surface area contributed by atoms with Gasteiger partial charge < -0.3 is 15.4 Å². The average molecular weight is 445 g/mol. The Kier molecular flexibility index (Phi) is 4.55. The second-order valence-electron chi connectivity index (χ2n) is 9.42. The van der Waals surface area contributed by atoms with Gasteiger partial charge in [0.2, 0.25) is 0 Å². The van der Waals surface area contributed by atoms with Crippen LogP contribution in [0.4, 0.5) is 0 Å². The molecule has 170 valence electrons. The number of aryl methyl sites for hydroxylation is 1. The van der Waals surface area contributed by atoms with Gasteiger partial charge in [-0.3, -0.25) is 9.48 Å². The number of rotatable bonds is 3. The molecule has 1 unspecified atom stereocenters. The number of benzene rings is 1. The van der Waals surface area contributed by atoms with Crippen LogP contribution in [0.1, 0.15) is 38.2 Å². The second kappa shape index (κ2) is 7.38. The molecule has 1 fully saturated rings. The normalized spacial score (nSPS) is 27.6. The Morgan fingerprint density at radius 2 is 2.09 bits per heavy atom. The zero-order valence-corrected chi connectivity index (χ0v) is 19.0. The van der Waals surface area contributed by atoms with Gasteiger partial charge in [-0.15, -0.1) is 0 Å². The Balaban J connectivity index is 1.53. The number of nitrogens with zero attached hydrogens (tertiary/aromatic N) is 4. The summed E-state index contributed by atoms with van der Waals surface area (Å²) in [6, 6.07) is 10.5. The van der Waals surface area contributed by atoms with Gasteiger partial charge in [-0.2, -0.15) is 15.3 Å². The Bertz CT molecular complexity index is 1220. The van der Waals surface area contributed by atoms with Crippen LogP contribution in [0.2, 0.25) is 0 Å². The van der Waals surface area contributed by atoms with E-state index in [9.17, 15) is 4.79 Å². The summed E-state index contributed by atoms with van der Waals surface area (Å²) in [4.78, 5) is 13.9. The molecule has 6 rings (SSSR count). The first-order valence-corrected chi connectivity index (χ1v) is 11.7. The molecule has 0 bridgehead atoms. The third-order valence-electron chi connectivity index (χ3n) is 7.78. The summed E-state index contributed by atoms with van der Waals surface area (Å²) in [7, 11) is 1.94. The number of amides is 1. The summed E-state index contributed by atoms with van der Waals surface area (Å²) in [5.74, 6) is 0.00434. The van der Waals surface area contributed by atoms with Gasteiger partial charge in [-0.1, -0.05) is 25.1 Å². The molecule has 1 aromatic carbocycles. The quantitative estimate of drug-likeness (QED) is 0.759. The number of hydrogen-bond acceptors (Lipinski definition) is 6. The molecule has 4 aliphatic rings. The first kappa shape index (κ1) is 20.4. The lowest BCUT2D eigenvalue weighted by molar-refractivity contribution is -0.122. The highest BCUT2D eigenvalue weighted by Crippen LogP contribution is 2.52. The van der Waals surface area contributed by atoms with Gasteiger partial charge in [-0.25, -0.2) is 0 Å². The van der Waals surface area contributed by atoms with Crippen molar-refractivity contribution in [3.63, 3.8) is 0 Å². The highest BCUT2D eigenvalue weighted by atomic mass is 16.5. The summed E-state index contributed by atoms with van der Waals surface area (Å²) >= 11 is 0. The van der Waals surface area contributed by atoms with Crippen LogP contribution in [-0.2, 0) is 22.0 Å². The topological polar surface area (TPSA) is 92.9 Å². The summed E-state index contributed by atoms with van der Waals surface area (Å²) in [6.07, 6.45) is 6.54. The highest BCUT2D eigenvalue weighted by Gasteiger charge is 2.54. The molecule has 1 saturated heterocycles. The van der Waals surface area contributed by atoms with E-state index < -0.39 is 5.41 Å². The fourth-order valence-electron chi connectivity index (χ4n) is 6.10. The molecule has 1 aromatic heterocycles. The van der Waals surface area contributed by atoms with E-state index in [0.29, 0.717) is 13.2 Å². The molecule has 2 aromatic rings. The van der Waals surface area contributed by atoms with E-state index in [0.717, 1.165) is 59.3 Å². The SMILES string of the molecule is CC[C@]1(c2cccc(-c3ccnn3C)c2)C2=CN=NC2NC2=C1C(=O)NC1(CCOCC1)C2. The summed E-state index contributed by atoms with van der Waals surface area (Å²) in [5, 5.41) is 20.1. The maximum absolute atomic E-state index is 13.9. The molecule has 0 radical (unpaired) electrons. The molecule has 0 aliphatic carbocycles. The van der Waals surface area contributed by atoms with Crippen molar-refractivity contribution in [2.45, 2.75) is 49.7 Å². The van der Waals surface area contributed by atoms with Crippen molar-refractivity contribution in [2.24, 2.45) is 17.3 Å². The van der Waals surface area contributed by atoms with E-state index in [1.807, 2.05) is 24.0 Å². The van der Waals surface area contributed by atoms with Crippen molar-refractivity contribution in [3.8, 4) is 11.3 Å². The van der Waals surface area contributed by atoms with Crippen molar-refractivity contribution >= 4 is 5.91 Å². The molecule has 8 nitrogen and oxygen atoms in total. The number of fused-ring (bicyclic) bond motifs is 1. The summed E-state index contributed by atoms with van der Waals surface area (Å²) in [5.41, 5.74) is 5.17. The molecule has 0 saturated carbocycles. The number of carbonyl (C=O) groups is 1. The van der Waals surface area contributed by atoms with Crippen LogP contribution in [0.5, 0.6) is 0 Å². The molecule has 2 atom stereocenters. The van der Waals surface area contributed by atoms with Gasteiger partial charge in [-0.05, 0) is 37.0 Å². The molecule has 5 heterocycles. The molecular weight excluding hydrogens is 416 g/mol. The molecule has 8 heteroatoms. The zero-order chi connectivity index (χ0) is 22.6. The van der Waals surface area contributed by atoms with E-state index in [1.165, 1.54) is 0 Å². The third-order valence-corrected chi connectivity index (χ3v) is 7.78. The van der Waals surface area contributed by atoms with Crippen molar-refractivity contribution in [3.05, 3.63) is 65.1 Å². The van der Waals surface area contributed by atoms with Crippen molar-refractivity contribution in [1.29, 1.82) is 0 Å². The Hall–Kier alpha value is -3.26. The fourth-order valence-corrected chi connectivity index (χ4v) is 6.10. The second-order valence-corrected chi connectivity index (χ2v) is 9.42. The maximum atomic E-state index is 13.9. The first-order chi connectivity index (χ1) is 16.1. The van der Waals surface area contributed by atoms with Crippen molar-refractivity contribution < 1.29 is 9.53 Å². The van der Waals surface area contributed by atoms with Crippen molar-refractivity contribution in [2.75, 3.05) is 13.2 Å². The number of ether oxygens (including phenoxy) is 1. The fraction of sp³-hybridized carbons (Fsp3) is 0.440. The zero-order valence-electron chi connectivity index (χ0n) is 19.0. The van der Waals surface area contributed by atoms with E-state index >= 15 is 0 Å². The molecule has 1 spiro atoms. The lowest BCUT2D eigenvalue weighted by Gasteiger charge is -2.50. The monoisotopic (exact) mass is 444 g/mol. The number of carbonyl (C=O) groups excluding carboxylic acids is 1. The molecule has 1 amide bonds. The predicted molar refractivity (Wildman–Crippen MR) is 123 cm³/mol. The van der Waals surface area contributed by atoms with Crippen LogP contribution in [0.3, 0.4) is 0 Å². The third kappa shape index (κ3) is 2.93. The van der Waals surface area contributed by atoms with Gasteiger partial charge in [0.15, 0.2) is 6.17 Å². The van der Waals surface area contributed by atoms with Crippen LogP contribution >= 0.6 is 0 Å². The smallest absolute Gasteiger partial charge is 0.250 e. The minimum absolute atomic E-state index is 0.00434. The summed E-state index contributed by atoms with van der Waals surface area (Å²) < 4.78 is 7.46. The van der Waals surface area contributed by atoms with Crippen LogP contribution in [0.25, 0.3) is 11.3 Å². The van der Waals surface area contributed by atoms with E-state index in [4.69, 9.17) is 4.74 Å². The van der Waals surface area contributed by atoms with Gasteiger partial charge in [0, 0.05) is 49.7 Å². The van der Waals surface area contributed by atoms with Crippen molar-refractivity contribution in [1.82, 2.24) is 20.4 Å². The van der Waals surface area contributed by atoms with E-state index in [2.05, 4.69) is 57.1 Å². The van der Waals surface area contributed by atoms with Gasteiger partial charge in [0.1, 0.15) is 0 Å². The van der Waals surface area contributed by atoms with Crippen LogP contribution in [0, 0.1) is 0 Å². The number of nitrogens with one attached hydrogen (secondary N) is 2. The average Bonchev–Trinajstić information content (AvgIpc) is 3.47.